The van der Waals surface area contributed by atoms with Crippen LogP contribution in [0.15, 0.2) is 0 Å². The molecule has 1 saturated carbocycles. The molecule has 0 radical (unpaired) electrons. The molecule has 1 unspecified atom stereocenters. The van der Waals surface area contributed by atoms with Crippen LogP contribution in [0.25, 0.3) is 0 Å². The number of carbonyl (C=O) groups excluding carboxylic acids is 1. The van der Waals surface area contributed by atoms with E-state index in [1.165, 1.54) is 0 Å². The van der Waals surface area contributed by atoms with Gasteiger partial charge in [-0.1, -0.05) is 20.3 Å². The second-order valence-corrected chi connectivity index (χ2v) is 5.38. The van der Waals surface area contributed by atoms with Crippen LogP contribution >= 0.6 is 0 Å². The van der Waals surface area contributed by atoms with E-state index in [4.69, 9.17) is 5.26 Å². The average Bonchev–Trinajstić information content (AvgIpc) is 2.20. The summed E-state index contributed by atoms with van der Waals surface area (Å²) in [4.78, 5) is 12.1. The first-order chi connectivity index (χ1) is 7.63. The van der Waals surface area contributed by atoms with Gasteiger partial charge in [0.05, 0.1) is 6.07 Å². The van der Waals surface area contributed by atoms with E-state index in [1.54, 1.807) is 13.8 Å². The van der Waals surface area contributed by atoms with Gasteiger partial charge in [-0.05, 0) is 19.3 Å². The Hall–Kier alpha value is -1.05. The third-order valence-corrected chi connectivity index (χ3v) is 3.50. The second-order valence-electron chi connectivity index (χ2n) is 5.38. The van der Waals surface area contributed by atoms with Crippen molar-refractivity contribution in [3.63, 3.8) is 0 Å². The lowest BCUT2D eigenvalue weighted by Gasteiger charge is -2.39. The lowest BCUT2D eigenvalue weighted by molar-refractivity contribution is -0.150. The van der Waals surface area contributed by atoms with Crippen molar-refractivity contribution >= 4 is 5.78 Å². The highest BCUT2D eigenvalue weighted by Crippen LogP contribution is 2.46. The highest BCUT2D eigenvalue weighted by atomic mass is 19.4. The van der Waals surface area contributed by atoms with Gasteiger partial charge in [0.15, 0.2) is 5.78 Å². The molecule has 0 N–H and O–H groups in total. The van der Waals surface area contributed by atoms with Crippen LogP contribution in [0.5, 0.6) is 0 Å². The lowest BCUT2D eigenvalue weighted by Crippen LogP contribution is -2.44. The van der Waals surface area contributed by atoms with Crippen LogP contribution in [0, 0.1) is 22.2 Å². The van der Waals surface area contributed by atoms with Gasteiger partial charge in [-0.3, -0.25) is 4.79 Å². The van der Waals surface area contributed by atoms with Crippen LogP contribution in [0.4, 0.5) is 13.2 Å². The van der Waals surface area contributed by atoms with Crippen LogP contribution in [0.1, 0.15) is 46.0 Å². The quantitative estimate of drug-likeness (QED) is 0.747. The van der Waals surface area contributed by atoms with Crippen molar-refractivity contribution in [2.45, 2.75) is 52.1 Å². The topological polar surface area (TPSA) is 40.9 Å². The van der Waals surface area contributed by atoms with E-state index in [2.05, 4.69) is 0 Å². The number of halogens is 3. The molecule has 0 aromatic rings. The predicted octanol–water partition coefficient (Wildman–Crippen LogP) is 3.62. The van der Waals surface area contributed by atoms with Crippen molar-refractivity contribution < 1.29 is 18.0 Å². The summed E-state index contributed by atoms with van der Waals surface area (Å²) in [6, 6.07) is 1.85. The molecule has 0 saturated heterocycles. The van der Waals surface area contributed by atoms with Crippen LogP contribution in [-0.4, -0.2) is 12.0 Å². The molecule has 0 spiro atoms. The van der Waals surface area contributed by atoms with Gasteiger partial charge in [0, 0.05) is 11.8 Å². The van der Waals surface area contributed by atoms with Gasteiger partial charge in [0.2, 0.25) is 0 Å². The lowest BCUT2D eigenvalue weighted by atomic mass is 9.61. The van der Waals surface area contributed by atoms with Crippen molar-refractivity contribution in [1.29, 1.82) is 5.26 Å². The number of nitrogens with zero attached hydrogens (tertiary/aromatic N) is 1. The number of ketones is 1. The Morgan fingerprint density at radius 3 is 2.41 bits per heavy atom. The fraction of sp³-hybridized carbons (Fsp3) is 0.833. The van der Waals surface area contributed by atoms with Gasteiger partial charge in [0.25, 0.3) is 0 Å². The maximum Gasteiger partial charge on any atom is 0.389 e. The maximum atomic E-state index is 12.2. The van der Waals surface area contributed by atoms with E-state index in [0.29, 0.717) is 12.8 Å². The Kier molecular flexibility index (Phi) is 3.56. The Bertz CT molecular complexity index is 354. The van der Waals surface area contributed by atoms with E-state index >= 15 is 0 Å². The number of alkyl halides is 3. The van der Waals surface area contributed by atoms with Crippen molar-refractivity contribution in [3.05, 3.63) is 0 Å². The zero-order chi connectivity index (χ0) is 13.3. The molecule has 0 aromatic carbocycles. The maximum absolute atomic E-state index is 12.2. The van der Waals surface area contributed by atoms with E-state index in [0.717, 1.165) is 0 Å². The molecular weight excluding hydrogens is 231 g/mol. The second kappa shape index (κ2) is 4.32. The highest BCUT2D eigenvalue weighted by molar-refractivity contribution is 5.92. The summed E-state index contributed by atoms with van der Waals surface area (Å²) < 4.78 is 36.6. The predicted molar refractivity (Wildman–Crippen MR) is 56.0 cm³/mol. The number of rotatable bonds is 2. The molecule has 5 heteroatoms. The number of Topliss-reactive ketones (excluding diaryl/α,β-unsaturated/α-hetero) is 1. The van der Waals surface area contributed by atoms with Crippen LogP contribution in [0.2, 0.25) is 0 Å². The Morgan fingerprint density at radius 1 is 1.35 bits per heavy atom. The Labute approximate surface area is 98.8 Å². The van der Waals surface area contributed by atoms with E-state index in [9.17, 15) is 18.0 Å². The number of hydrogen-bond donors (Lipinski definition) is 0. The van der Waals surface area contributed by atoms with Crippen LogP contribution in [-0.2, 0) is 4.79 Å². The summed E-state index contributed by atoms with van der Waals surface area (Å²) in [5.41, 5.74) is -2.11. The molecule has 0 amide bonds. The SMILES string of the molecule is CC1(C)CCCC(C#N)(CCC(F)(F)F)C1=O. The first-order valence-electron chi connectivity index (χ1n) is 5.66. The third kappa shape index (κ3) is 2.99. The van der Waals surface area contributed by atoms with Gasteiger partial charge >= 0.3 is 6.18 Å². The monoisotopic (exact) mass is 247 g/mol. The van der Waals surface area contributed by atoms with Crippen molar-refractivity contribution in [3.8, 4) is 6.07 Å². The molecule has 1 rings (SSSR count). The van der Waals surface area contributed by atoms with Gasteiger partial charge in [-0.25, -0.2) is 0 Å². The molecule has 0 aromatic heterocycles. The van der Waals surface area contributed by atoms with Crippen molar-refractivity contribution in [1.82, 2.24) is 0 Å². The average molecular weight is 247 g/mol. The molecule has 1 aliphatic carbocycles. The molecule has 17 heavy (non-hydrogen) atoms. The molecule has 0 bridgehead atoms. The zero-order valence-corrected chi connectivity index (χ0v) is 10.0. The van der Waals surface area contributed by atoms with Crippen LogP contribution in [0.3, 0.4) is 0 Å². The van der Waals surface area contributed by atoms with E-state index in [1.807, 2.05) is 6.07 Å². The molecule has 2 nitrogen and oxygen atoms in total. The minimum Gasteiger partial charge on any atom is -0.297 e. The highest BCUT2D eigenvalue weighted by Gasteiger charge is 2.50. The fourth-order valence-electron chi connectivity index (χ4n) is 2.46. The zero-order valence-electron chi connectivity index (χ0n) is 10.0. The molecule has 0 heterocycles. The van der Waals surface area contributed by atoms with Gasteiger partial charge in [-0.2, -0.15) is 18.4 Å². The largest absolute Gasteiger partial charge is 0.389 e. The third-order valence-electron chi connectivity index (χ3n) is 3.50. The molecular formula is C12H16F3NO. The van der Waals surface area contributed by atoms with Crippen molar-refractivity contribution in [2.75, 3.05) is 0 Å². The normalized spacial score (nSPS) is 28.8. The van der Waals surface area contributed by atoms with Crippen LogP contribution < -0.4 is 0 Å². The minimum absolute atomic E-state index is 0.252. The summed E-state index contributed by atoms with van der Waals surface area (Å²) in [6.07, 6.45) is -4.27. The minimum atomic E-state index is -4.31. The first kappa shape index (κ1) is 14.0. The fourth-order valence-corrected chi connectivity index (χ4v) is 2.46. The smallest absolute Gasteiger partial charge is 0.297 e. The van der Waals surface area contributed by atoms with E-state index < -0.39 is 29.8 Å². The standard InChI is InChI=1S/C12H16F3NO/c1-10(2)4-3-5-11(8-16,9(10)17)6-7-12(13,14)15/h3-7H2,1-2H3. The molecule has 1 aliphatic rings. The summed E-state index contributed by atoms with van der Waals surface area (Å²) in [5.74, 6) is -0.331. The molecule has 1 fully saturated rings. The molecule has 0 aliphatic heterocycles. The van der Waals surface area contributed by atoms with Gasteiger partial charge in [0.1, 0.15) is 5.41 Å². The molecule has 96 valence electrons. The summed E-state index contributed by atoms with van der Waals surface area (Å²) in [7, 11) is 0. The number of hydrogen-bond acceptors (Lipinski definition) is 2. The van der Waals surface area contributed by atoms with Gasteiger partial charge < -0.3 is 0 Å². The number of nitriles is 1. The van der Waals surface area contributed by atoms with E-state index in [-0.39, 0.29) is 12.2 Å². The number of carbonyl (C=O) groups is 1. The Morgan fingerprint density at radius 2 is 1.94 bits per heavy atom. The Balaban J connectivity index is 2.89. The first-order valence-corrected chi connectivity index (χ1v) is 5.66. The summed E-state index contributed by atoms with van der Waals surface area (Å²) in [5, 5.41) is 9.10. The van der Waals surface area contributed by atoms with Gasteiger partial charge in [-0.15, -0.1) is 0 Å². The summed E-state index contributed by atoms with van der Waals surface area (Å²) >= 11 is 0. The summed E-state index contributed by atoms with van der Waals surface area (Å²) in [6.45, 7) is 3.41. The van der Waals surface area contributed by atoms with Crippen molar-refractivity contribution in [2.24, 2.45) is 10.8 Å². The molecule has 1 atom stereocenters.